The van der Waals surface area contributed by atoms with E-state index < -0.39 is 0 Å². The van der Waals surface area contributed by atoms with Crippen molar-refractivity contribution in [2.75, 3.05) is 26.7 Å². The van der Waals surface area contributed by atoms with Gasteiger partial charge in [0.05, 0.1) is 37.3 Å². The van der Waals surface area contributed by atoms with Crippen LogP contribution in [0, 0.1) is 11.8 Å². The second-order valence-corrected chi connectivity index (χ2v) is 9.51. The number of ether oxygens (including phenoxy) is 1. The van der Waals surface area contributed by atoms with E-state index in [9.17, 15) is 14.7 Å². The Morgan fingerprint density at radius 2 is 2.06 bits per heavy atom. The Balaban J connectivity index is 1.77. The molecule has 32 heavy (non-hydrogen) atoms. The van der Waals surface area contributed by atoms with E-state index in [1.807, 2.05) is 14.0 Å². The van der Waals surface area contributed by atoms with E-state index in [4.69, 9.17) is 4.74 Å². The van der Waals surface area contributed by atoms with E-state index in [-0.39, 0.29) is 42.4 Å². The van der Waals surface area contributed by atoms with Gasteiger partial charge in [0.15, 0.2) is 0 Å². The third-order valence-electron chi connectivity index (χ3n) is 6.92. The van der Waals surface area contributed by atoms with Gasteiger partial charge in [0.2, 0.25) is 11.8 Å². The summed E-state index contributed by atoms with van der Waals surface area (Å²) in [6.07, 6.45) is 7.87. The minimum atomic E-state index is -0.267. The predicted octanol–water partition coefficient (Wildman–Crippen LogP) is 1.84. The number of aliphatic hydroxyl groups excluding tert-OH is 1. The zero-order chi connectivity index (χ0) is 23.1. The summed E-state index contributed by atoms with van der Waals surface area (Å²) in [4.78, 5) is 29.5. The highest BCUT2D eigenvalue weighted by Gasteiger charge is 2.31. The largest absolute Gasteiger partial charge is 0.394 e. The molecular formula is C23H39N5O4. The summed E-state index contributed by atoms with van der Waals surface area (Å²) < 4.78 is 8.11. The first-order valence-corrected chi connectivity index (χ1v) is 12.0. The van der Waals surface area contributed by atoms with E-state index >= 15 is 0 Å². The van der Waals surface area contributed by atoms with Crippen molar-refractivity contribution in [3.05, 3.63) is 11.9 Å². The highest BCUT2D eigenvalue weighted by atomic mass is 16.5. The van der Waals surface area contributed by atoms with Gasteiger partial charge in [-0.3, -0.25) is 9.59 Å². The highest BCUT2D eigenvalue weighted by molar-refractivity contribution is 5.78. The van der Waals surface area contributed by atoms with Crippen molar-refractivity contribution in [3.8, 4) is 0 Å². The smallest absolute Gasteiger partial charge is 0.225 e. The minimum absolute atomic E-state index is 0.0155. The van der Waals surface area contributed by atoms with Gasteiger partial charge in [0, 0.05) is 44.9 Å². The summed E-state index contributed by atoms with van der Waals surface area (Å²) in [6, 6.07) is -0.267. The second kappa shape index (κ2) is 11.7. The van der Waals surface area contributed by atoms with Crippen LogP contribution in [0.3, 0.4) is 0 Å². The van der Waals surface area contributed by atoms with E-state index in [1.54, 1.807) is 20.7 Å². The number of rotatable bonds is 5. The van der Waals surface area contributed by atoms with Crippen molar-refractivity contribution >= 4 is 11.8 Å². The van der Waals surface area contributed by atoms with Crippen molar-refractivity contribution < 1.29 is 19.4 Å². The van der Waals surface area contributed by atoms with Crippen LogP contribution in [-0.4, -0.2) is 80.6 Å². The molecule has 1 N–H and O–H groups in total. The number of amides is 2. The first-order valence-electron chi connectivity index (χ1n) is 12.0. The molecule has 3 atom stereocenters. The maximum absolute atomic E-state index is 13.0. The van der Waals surface area contributed by atoms with Crippen LogP contribution in [0.25, 0.3) is 0 Å². The van der Waals surface area contributed by atoms with Crippen molar-refractivity contribution in [2.45, 2.75) is 84.1 Å². The highest BCUT2D eigenvalue weighted by Crippen LogP contribution is 2.26. The number of likely N-dealkylation sites (N-methyl/N-ethyl adjacent to an activating group) is 1. The van der Waals surface area contributed by atoms with Crippen LogP contribution in [0.4, 0.5) is 0 Å². The number of hydrogen-bond donors (Lipinski definition) is 1. The molecule has 0 saturated heterocycles. The van der Waals surface area contributed by atoms with Gasteiger partial charge in [-0.2, -0.15) is 0 Å². The molecule has 1 aromatic heterocycles. The summed E-state index contributed by atoms with van der Waals surface area (Å²) in [5.74, 6) is 0.299. The van der Waals surface area contributed by atoms with E-state index in [2.05, 4.69) is 17.2 Å². The van der Waals surface area contributed by atoms with Gasteiger partial charge in [-0.15, -0.1) is 5.10 Å². The Hall–Kier alpha value is -2.00. The lowest BCUT2D eigenvalue weighted by atomic mass is 9.88. The van der Waals surface area contributed by atoms with Crippen LogP contribution in [0.5, 0.6) is 0 Å². The minimum Gasteiger partial charge on any atom is -0.394 e. The normalized spacial score (nSPS) is 24.9. The molecule has 2 amide bonds. The fraction of sp³-hybridized carbons (Fsp3) is 0.826. The lowest BCUT2D eigenvalue weighted by molar-refractivity contribution is -0.140. The Morgan fingerprint density at radius 3 is 2.78 bits per heavy atom. The molecule has 0 radical (unpaired) electrons. The summed E-state index contributed by atoms with van der Waals surface area (Å²) in [5, 5.41) is 17.8. The SMILES string of the molecule is C[C@@H]1CN([C@@H](C)CO)C(=O)CCCn2nncc2CO[C@@H]1CN(C)C(=O)C1CCCCC1. The standard InChI is InChI=1S/C23H39N5O4/c1-17-13-27(18(2)15-29)22(30)10-7-11-28-20(12-24-25-28)16-32-21(17)14-26(3)23(31)19-8-5-4-6-9-19/h12,17-19,21,29H,4-11,13-16H2,1-3H3/t17-,18+,21-/m1/s1. The molecule has 9 heteroatoms. The van der Waals surface area contributed by atoms with Crippen LogP contribution in [0.15, 0.2) is 6.20 Å². The molecule has 2 heterocycles. The molecule has 1 aromatic rings. The maximum atomic E-state index is 13.0. The van der Waals surface area contributed by atoms with Gasteiger partial charge >= 0.3 is 0 Å². The van der Waals surface area contributed by atoms with Crippen LogP contribution in [0.2, 0.25) is 0 Å². The number of carbonyl (C=O) groups is 2. The summed E-state index contributed by atoms with van der Waals surface area (Å²) in [7, 11) is 1.86. The average molecular weight is 450 g/mol. The molecule has 2 aliphatic rings. The number of hydrogen-bond acceptors (Lipinski definition) is 6. The first kappa shape index (κ1) is 24.6. The molecule has 1 aliphatic heterocycles. The van der Waals surface area contributed by atoms with Gasteiger partial charge < -0.3 is 19.6 Å². The van der Waals surface area contributed by atoms with Crippen molar-refractivity contribution in [3.63, 3.8) is 0 Å². The molecule has 9 nitrogen and oxygen atoms in total. The quantitative estimate of drug-likeness (QED) is 0.736. The van der Waals surface area contributed by atoms with Crippen LogP contribution >= 0.6 is 0 Å². The van der Waals surface area contributed by atoms with Crippen molar-refractivity contribution in [1.82, 2.24) is 24.8 Å². The van der Waals surface area contributed by atoms with Crippen molar-refractivity contribution in [1.29, 1.82) is 0 Å². The first-order chi connectivity index (χ1) is 15.4. The van der Waals surface area contributed by atoms with E-state index in [1.165, 1.54) is 6.42 Å². The molecule has 0 spiro atoms. The monoisotopic (exact) mass is 449 g/mol. The Bertz CT molecular complexity index is 749. The van der Waals surface area contributed by atoms with Crippen molar-refractivity contribution in [2.24, 2.45) is 11.8 Å². The zero-order valence-electron chi connectivity index (χ0n) is 19.8. The maximum Gasteiger partial charge on any atom is 0.225 e. The number of fused-ring (bicyclic) bond motifs is 1. The third kappa shape index (κ3) is 6.28. The molecule has 3 rings (SSSR count). The molecule has 180 valence electrons. The van der Waals surface area contributed by atoms with Gasteiger partial charge in [-0.05, 0) is 26.2 Å². The average Bonchev–Trinajstić information content (AvgIpc) is 3.25. The molecule has 1 saturated carbocycles. The van der Waals surface area contributed by atoms with Gasteiger partial charge in [-0.1, -0.05) is 31.4 Å². The molecule has 0 bridgehead atoms. The van der Waals surface area contributed by atoms with Gasteiger partial charge in [-0.25, -0.2) is 4.68 Å². The molecule has 1 fully saturated rings. The Labute approximate surface area is 191 Å². The molecule has 0 unspecified atom stereocenters. The van der Waals surface area contributed by atoms with Crippen LogP contribution < -0.4 is 0 Å². The number of aliphatic hydroxyl groups is 1. The Morgan fingerprint density at radius 1 is 1.31 bits per heavy atom. The third-order valence-corrected chi connectivity index (χ3v) is 6.92. The molecule has 1 aliphatic carbocycles. The lowest BCUT2D eigenvalue weighted by Crippen LogP contribution is -2.48. The Kier molecular flexibility index (Phi) is 9.04. The second-order valence-electron chi connectivity index (χ2n) is 9.51. The number of aryl methyl sites for hydroxylation is 1. The van der Waals surface area contributed by atoms with Crippen LogP contribution in [0.1, 0.15) is 64.5 Å². The van der Waals surface area contributed by atoms with Crippen LogP contribution in [-0.2, 0) is 27.5 Å². The van der Waals surface area contributed by atoms with Gasteiger partial charge in [0.1, 0.15) is 0 Å². The zero-order valence-corrected chi connectivity index (χ0v) is 19.8. The van der Waals surface area contributed by atoms with Gasteiger partial charge in [0.25, 0.3) is 0 Å². The topological polar surface area (TPSA) is 101 Å². The summed E-state index contributed by atoms with van der Waals surface area (Å²) in [5.41, 5.74) is 0.872. The number of carbonyl (C=O) groups excluding carboxylic acids is 2. The predicted molar refractivity (Wildman–Crippen MR) is 119 cm³/mol. The number of nitrogens with zero attached hydrogens (tertiary/aromatic N) is 5. The molecular weight excluding hydrogens is 410 g/mol. The molecule has 0 aromatic carbocycles. The lowest BCUT2D eigenvalue weighted by Gasteiger charge is -2.36. The van der Waals surface area contributed by atoms with E-state index in [0.29, 0.717) is 39.1 Å². The number of aromatic nitrogens is 3. The summed E-state index contributed by atoms with van der Waals surface area (Å²) >= 11 is 0. The summed E-state index contributed by atoms with van der Waals surface area (Å²) in [6.45, 7) is 5.72. The fourth-order valence-corrected chi connectivity index (χ4v) is 4.77. The van der Waals surface area contributed by atoms with E-state index in [0.717, 1.165) is 31.4 Å². The fourth-order valence-electron chi connectivity index (χ4n) is 4.77.